The highest BCUT2D eigenvalue weighted by molar-refractivity contribution is 14.1. The molecule has 1 unspecified atom stereocenters. The van der Waals surface area contributed by atoms with Crippen molar-refractivity contribution in [1.82, 2.24) is 0 Å². The van der Waals surface area contributed by atoms with Gasteiger partial charge in [-0.1, -0.05) is 41.4 Å². The lowest BCUT2D eigenvalue weighted by Gasteiger charge is -2.13. The van der Waals surface area contributed by atoms with Crippen LogP contribution in [-0.2, 0) is 0 Å². The molecule has 0 aliphatic heterocycles. The molecule has 0 fully saturated rings. The number of rotatable bonds is 2. The summed E-state index contributed by atoms with van der Waals surface area (Å²) in [5, 5.41) is 11.6. The van der Waals surface area contributed by atoms with E-state index in [4.69, 9.17) is 23.2 Å². The molecule has 0 bridgehead atoms. The van der Waals surface area contributed by atoms with Gasteiger partial charge in [0, 0.05) is 8.59 Å². The van der Waals surface area contributed by atoms with E-state index in [1.807, 2.05) is 31.2 Å². The van der Waals surface area contributed by atoms with Crippen LogP contribution in [0.5, 0.6) is 0 Å². The maximum absolute atomic E-state index is 10.3. The summed E-state index contributed by atoms with van der Waals surface area (Å²) >= 11 is 14.3. The Morgan fingerprint density at radius 3 is 2.11 bits per heavy atom. The van der Waals surface area contributed by atoms with Gasteiger partial charge in [0.15, 0.2) is 0 Å². The standard InChI is InChI=1S/C14H11Cl2IO/c1-8-2-3-9(6-11(8)15)14(18)10-4-5-13(17)12(16)7-10/h2-7,14,18H,1H3. The molecule has 0 aliphatic carbocycles. The fraction of sp³-hybridized carbons (Fsp3) is 0.143. The molecule has 0 aliphatic rings. The van der Waals surface area contributed by atoms with Gasteiger partial charge in [-0.15, -0.1) is 0 Å². The largest absolute Gasteiger partial charge is 0.384 e. The minimum Gasteiger partial charge on any atom is -0.384 e. The maximum Gasteiger partial charge on any atom is 0.104 e. The van der Waals surface area contributed by atoms with Crippen molar-refractivity contribution in [2.75, 3.05) is 0 Å². The summed E-state index contributed by atoms with van der Waals surface area (Å²) < 4.78 is 0.965. The summed E-state index contributed by atoms with van der Waals surface area (Å²) in [5.74, 6) is 0. The van der Waals surface area contributed by atoms with Crippen LogP contribution in [0.1, 0.15) is 22.8 Å². The molecule has 1 atom stereocenters. The Hall–Kier alpha value is -0.290. The Morgan fingerprint density at radius 1 is 1.00 bits per heavy atom. The minimum absolute atomic E-state index is 0.644. The highest BCUT2D eigenvalue weighted by Gasteiger charge is 2.12. The summed E-state index contributed by atoms with van der Waals surface area (Å²) in [7, 11) is 0. The van der Waals surface area contributed by atoms with Gasteiger partial charge in [0.2, 0.25) is 0 Å². The van der Waals surface area contributed by atoms with E-state index in [-0.39, 0.29) is 0 Å². The normalized spacial score (nSPS) is 12.5. The first kappa shape index (κ1) is 14.1. The fourth-order valence-electron chi connectivity index (χ4n) is 1.65. The van der Waals surface area contributed by atoms with E-state index < -0.39 is 6.10 Å². The summed E-state index contributed by atoms with van der Waals surface area (Å²) in [4.78, 5) is 0. The highest BCUT2D eigenvalue weighted by Crippen LogP contribution is 2.29. The molecule has 94 valence electrons. The van der Waals surface area contributed by atoms with Gasteiger partial charge >= 0.3 is 0 Å². The third kappa shape index (κ3) is 2.99. The summed E-state index contributed by atoms with van der Waals surface area (Å²) in [6.45, 7) is 1.93. The lowest BCUT2D eigenvalue weighted by atomic mass is 10.0. The number of halogens is 3. The van der Waals surface area contributed by atoms with Gasteiger partial charge in [0.1, 0.15) is 6.10 Å². The zero-order chi connectivity index (χ0) is 13.3. The Morgan fingerprint density at radius 2 is 1.56 bits per heavy atom. The second kappa shape index (κ2) is 5.78. The van der Waals surface area contributed by atoms with Crippen molar-refractivity contribution in [2.24, 2.45) is 0 Å². The Balaban J connectivity index is 2.37. The maximum atomic E-state index is 10.3. The van der Waals surface area contributed by atoms with Gasteiger partial charge in [-0.2, -0.15) is 0 Å². The number of aliphatic hydroxyl groups is 1. The van der Waals surface area contributed by atoms with Crippen molar-refractivity contribution in [1.29, 1.82) is 0 Å². The van der Waals surface area contributed by atoms with Gasteiger partial charge in [-0.05, 0) is 64.4 Å². The third-order valence-electron chi connectivity index (χ3n) is 2.77. The number of aliphatic hydroxyl groups excluding tert-OH is 1. The molecule has 2 aromatic rings. The lowest BCUT2D eigenvalue weighted by Crippen LogP contribution is -2.00. The number of benzene rings is 2. The smallest absolute Gasteiger partial charge is 0.104 e. The zero-order valence-corrected chi connectivity index (χ0v) is 13.3. The number of aryl methyl sites for hydroxylation is 1. The zero-order valence-electron chi connectivity index (χ0n) is 9.62. The SMILES string of the molecule is Cc1ccc(C(O)c2ccc(I)c(Cl)c2)cc1Cl. The van der Waals surface area contributed by atoms with Crippen LogP contribution in [-0.4, -0.2) is 5.11 Å². The van der Waals surface area contributed by atoms with E-state index >= 15 is 0 Å². The molecular formula is C14H11Cl2IO. The summed E-state index contributed by atoms with van der Waals surface area (Å²) in [6.07, 6.45) is -0.711. The van der Waals surface area contributed by atoms with Crippen LogP contribution in [0.25, 0.3) is 0 Å². The van der Waals surface area contributed by atoms with Crippen LogP contribution >= 0.6 is 45.8 Å². The van der Waals surface area contributed by atoms with E-state index in [2.05, 4.69) is 22.6 Å². The van der Waals surface area contributed by atoms with Crippen molar-refractivity contribution in [3.63, 3.8) is 0 Å². The van der Waals surface area contributed by atoms with Gasteiger partial charge in [0.25, 0.3) is 0 Å². The van der Waals surface area contributed by atoms with Crippen LogP contribution in [0.4, 0.5) is 0 Å². The molecule has 1 nitrogen and oxygen atoms in total. The van der Waals surface area contributed by atoms with Crippen molar-refractivity contribution in [3.05, 3.63) is 66.7 Å². The second-order valence-electron chi connectivity index (χ2n) is 4.08. The predicted octanol–water partition coefficient (Wildman–Crippen LogP) is 4.99. The Kier molecular flexibility index (Phi) is 4.54. The van der Waals surface area contributed by atoms with Crippen LogP contribution < -0.4 is 0 Å². The average molecular weight is 393 g/mol. The first-order valence-corrected chi connectivity index (χ1v) is 7.21. The molecule has 18 heavy (non-hydrogen) atoms. The van der Waals surface area contributed by atoms with Crippen molar-refractivity contribution < 1.29 is 5.11 Å². The summed E-state index contributed by atoms with van der Waals surface area (Å²) in [5.41, 5.74) is 2.52. The van der Waals surface area contributed by atoms with Crippen molar-refractivity contribution in [2.45, 2.75) is 13.0 Å². The van der Waals surface area contributed by atoms with Gasteiger partial charge in [-0.3, -0.25) is 0 Å². The topological polar surface area (TPSA) is 20.2 Å². The predicted molar refractivity (Wildman–Crippen MR) is 84.4 cm³/mol. The molecule has 4 heteroatoms. The monoisotopic (exact) mass is 392 g/mol. The molecule has 0 aromatic heterocycles. The number of hydrogen-bond donors (Lipinski definition) is 1. The molecule has 0 radical (unpaired) electrons. The molecule has 0 heterocycles. The first-order chi connectivity index (χ1) is 8.49. The van der Waals surface area contributed by atoms with E-state index in [1.165, 1.54) is 0 Å². The molecule has 0 saturated heterocycles. The van der Waals surface area contributed by atoms with Crippen LogP contribution in [0, 0.1) is 10.5 Å². The van der Waals surface area contributed by atoms with E-state index in [0.29, 0.717) is 10.0 Å². The summed E-state index contributed by atoms with van der Waals surface area (Å²) in [6, 6.07) is 11.1. The Labute approximate surface area is 130 Å². The van der Waals surface area contributed by atoms with Crippen LogP contribution in [0.2, 0.25) is 10.0 Å². The van der Waals surface area contributed by atoms with Gasteiger partial charge in [0.05, 0.1) is 5.02 Å². The molecule has 0 saturated carbocycles. The van der Waals surface area contributed by atoms with Gasteiger partial charge < -0.3 is 5.11 Å². The molecular weight excluding hydrogens is 382 g/mol. The molecule has 2 aromatic carbocycles. The molecule has 1 N–H and O–H groups in total. The van der Waals surface area contributed by atoms with Crippen molar-refractivity contribution >= 4 is 45.8 Å². The fourth-order valence-corrected chi connectivity index (χ4v) is 2.37. The molecule has 0 spiro atoms. The molecule has 2 rings (SSSR count). The minimum atomic E-state index is -0.711. The highest BCUT2D eigenvalue weighted by atomic mass is 127. The van der Waals surface area contributed by atoms with E-state index in [9.17, 15) is 5.11 Å². The van der Waals surface area contributed by atoms with Crippen molar-refractivity contribution in [3.8, 4) is 0 Å². The average Bonchev–Trinajstić information content (AvgIpc) is 2.35. The first-order valence-electron chi connectivity index (χ1n) is 5.38. The second-order valence-corrected chi connectivity index (χ2v) is 6.06. The van der Waals surface area contributed by atoms with Crippen LogP contribution in [0.3, 0.4) is 0 Å². The third-order valence-corrected chi connectivity index (χ3v) is 4.75. The quantitative estimate of drug-likeness (QED) is 0.714. The van der Waals surface area contributed by atoms with E-state index in [1.54, 1.807) is 12.1 Å². The number of hydrogen-bond acceptors (Lipinski definition) is 1. The van der Waals surface area contributed by atoms with Crippen LogP contribution in [0.15, 0.2) is 36.4 Å². The lowest BCUT2D eigenvalue weighted by molar-refractivity contribution is 0.220. The van der Waals surface area contributed by atoms with Gasteiger partial charge in [-0.25, -0.2) is 0 Å². The van der Waals surface area contributed by atoms with E-state index in [0.717, 1.165) is 20.3 Å². The Bertz CT molecular complexity index is 533. The molecule has 0 amide bonds.